The zero-order chi connectivity index (χ0) is 17.3. The number of nitrogens with one attached hydrogen (secondary N) is 1. The molecule has 1 fully saturated rings. The minimum Gasteiger partial charge on any atom is -0.314 e. The van der Waals surface area contributed by atoms with Crippen LogP contribution in [-0.4, -0.2) is 37.3 Å². The van der Waals surface area contributed by atoms with Crippen molar-refractivity contribution in [2.24, 2.45) is 0 Å². The molecule has 1 N–H and O–H groups in total. The Morgan fingerprint density at radius 1 is 1.04 bits per heavy atom. The summed E-state index contributed by atoms with van der Waals surface area (Å²) in [6.45, 7) is 1.58. The largest absolute Gasteiger partial charge is 0.417 e. The molecule has 0 unspecified atom stereocenters. The zero-order valence-corrected chi connectivity index (χ0v) is 15.1. The summed E-state index contributed by atoms with van der Waals surface area (Å²) >= 11 is 5.81. The maximum absolute atomic E-state index is 12.9. The second-order valence-corrected chi connectivity index (χ2v) is 5.71. The van der Waals surface area contributed by atoms with Gasteiger partial charge in [-0.1, -0.05) is 23.7 Å². The van der Waals surface area contributed by atoms with Gasteiger partial charge in [0.25, 0.3) is 0 Å². The van der Waals surface area contributed by atoms with E-state index in [9.17, 15) is 26.3 Å². The van der Waals surface area contributed by atoms with E-state index in [4.69, 9.17) is 11.6 Å². The van der Waals surface area contributed by atoms with E-state index in [0.29, 0.717) is 26.2 Å². The average molecular weight is 434 g/mol. The molecular formula is C14H17Cl3F6N2. The third-order valence-corrected chi connectivity index (χ3v) is 4.13. The van der Waals surface area contributed by atoms with Gasteiger partial charge >= 0.3 is 12.4 Å². The van der Waals surface area contributed by atoms with Gasteiger partial charge in [0.15, 0.2) is 0 Å². The Hall–Kier alpha value is -0.410. The van der Waals surface area contributed by atoms with Crippen molar-refractivity contribution in [2.75, 3.05) is 26.2 Å². The fourth-order valence-electron chi connectivity index (χ4n) is 2.67. The molecule has 0 aromatic heterocycles. The number of hydrogen-bond acceptors (Lipinski definition) is 2. The van der Waals surface area contributed by atoms with Crippen LogP contribution < -0.4 is 5.32 Å². The average Bonchev–Trinajstić information content (AvgIpc) is 2.44. The van der Waals surface area contributed by atoms with E-state index in [1.165, 1.54) is 11.0 Å². The molecular weight excluding hydrogens is 417 g/mol. The van der Waals surface area contributed by atoms with Crippen LogP contribution >= 0.6 is 36.4 Å². The minimum atomic E-state index is -4.71. The topological polar surface area (TPSA) is 15.3 Å². The molecule has 1 aliphatic rings. The van der Waals surface area contributed by atoms with Crippen molar-refractivity contribution in [2.45, 2.75) is 24.8 Å². The van der Waals surface area contributed by atoms with Gasteiger partial charge in [-0.25, -0.2) is 0 Å². The summed E-state index contributed by atoms with van der Waals surface area (Å²) in [6.07, 6.45) is -10.5. The van der Waals surface area contributed by atoms with E-state index < -0.39 is 35.4 Å². The molecule has 146 valence electrons. The van der Waals surface area contributed by atoms with Crippen LogP contribution in [0, 0.1) is 0 Å². The van der Waals surface area contributed by atoms with E-state index in [0.717, 1.165) is 12.1 Å². The molecule has 11 heteroatoms. The Labute approximate surface area is 158 Å². The fraction of sp³-hybridized carbons (Fsp3) is 0.571. The van der Waals surface area contributed by atoms with Crippen molar-refractivity contribution in [1.82, 2.24) is 10.2 Å². The first-order valence-corrected chi connectivity index (χ1v) is 7.34. The van der Waals surface area contributed by atoms with Crippen LogP contribution in [0.3, 0.4) is 0 Å². The van der Waals surface area contributed by atoms with Gasteiger partial charge in [0, 0.05) is 32.2 Å². The van der Waals surface area contributed by atoms with Gasteiger partial charge in [0.05, 0.1) is 17.0 Å². The lowest BCUT2D eigenvalue weighted by molar-refractivity contribution is -0.148. The predicted molar refractivity (Wildman–Crippen MR) is 88.8 cm³/mol. The summed E-state index contributed by atoms with van der Waals surface area (Å²) in [6, 6.07) is 1.87. The van der Waals surface area contributed by atoms with Crippen LogP contribution in [0.15, 0.2) is 18.2 Å². The van der Waals surface area contributed by atoms with Crippen LogP contribution in [0.2, 0.25) is 5.02 Å². The fourth-order valence-corrected chi connectivity index (χ4v) is 3.03. The van der Waals surface area contributed by atoms with Crippen molar-refractivity contribution < 1.29 is 26.3 Å². The second-order valence-electron chi connectivity index (χ2n) is 5.33. The predicted octanol–water partition coefficient (Wildman–Crippen LogP) is 5.10. The molecule has 0 saturated carbocycles. The first kappa shape index (κ1) is 24.6. The van der Waals surface area contributed by atoms with Gasteiger partial charge in [-0.3, -0.25) is 4.90 Å². The Morgan fingerprint density at radius 2 is 1.60 bits per heavy atom. The molecule has 0 bridgehead atoms. The normalized spacial score (nSPS) is 17.4. The Morgan fingerprint density at radius 3 is 2.08 bits per heavy atom. The molecule has 0 radical (unpaired) electrons. The van der Waals surface area contributed by atoms with Crippen LogP contribution in [0.5, 0.6) is 0 Å². The highest BCUT2D eigenvalue weighted by Gasteiger charge is 2.39. The van der Waals surface area contributed by atoms with E-state index in [1.54, 1.807) is 0 Å². The molecule has 1 heterocycles. The highest BCUT2D eigenvalue weighted by atomic mass is 35.5. The van der Waals surface area contributed by atoms with Gasteiger partial charge in [0.2, 0.25) is 0 Å². The highest BCUT2D eigenvalue weighted by Crippen LogP contribution is 2.42. The van der Waals surface area contributed by atoms with Crippen LogP contribution in [0.4, 0.5) is 26.3 Å². The molecule has 2 nitrogen and oxygen atoms in total. The standard InChI is InChI=1S/C14H15ClF6N2.2ClH/c15-12-9(2-1-3-10(12)14(19,20)21)11(8-13(16,17)18)23-6-4-22-5-7-23;;/h1-3,11,22H,4-8H2;2*1H/t11-;;/m0../s1. The van der Waals surface area contributed by atoms with Crippen molar-refractivity contribution >= 4 is 36.4 Å². The Balaban J connectivity index is 0.00000288. The lowest BCUT2D eigenvalue weighted by Gasteiger charge is -2.36. The molecule has 0 spiro atoms. The molecule has 1 saturated heterocycles. The van der Waals surface area contributed by atoms with Gasteiger partial charge in [-0.2, -0.15) is 26.3 Å². The SMILES string of the molecule is Cl.Cl.FC(F)(F)C[C@@H](c1cccc(C(F)(F)F)c1Cl)N1CCNCC1. The first-order valence-electron chi connectivity index (χ1n) is 6.97. The number of halogens is 9. The lowest BCUT2D eigenvalue weighted by Crippen LogP contribution is -2.46. The van der Waals surface area contributed by atoms with Crippen LogP contribution in [-0.2, 0) is 6.18 Å². The third-order valence-electron chi connectivity index (χ3n) is 3.71. The Kier molecular flexibility index (Phi) is 9.35. The summed E-state index contributed by atoms with van der Waals surface area (Å²) < 4.78 is 77.5. The van der Waals surface area contributed by atoms with Gasteiger partial charge in [0.1, 0.15) is 0 Å². The van der Waals surface area contributed by atoms with Crippen LogP contribution in [0.1, 0.15) is 23.6 Å². The second kappa shape index (κ2) is 9.50. The smallest absolute Gasteiger partial charge is 0.314 e. The van der Waals surface area contributed by atoms with Gasteiger partial charge < -0.3 is 5.32 Å². The maximum atomic E-state index is 12.9. The van der Waals surface area contributed by atoms with E-state index in [1.807, 2.05) is 0 Å². The van der Waals surface area contributed by atoms with Crippen LogP contribution in [0.25, 0.3) is 0 Å². The number of rotatable bonds is 3. The quantitative estimate of drug-likeness (QED) is 0.667. The summed E-state index contributed by atoms with van der Waals surface area (Å²) in [5, 5.41) is 2.34. The highest BCUT2D eigenvalue weighted by molar-refractivity contribution is 6.32. The van der Waals surface area contributed by atoms with E-state index in [-0.39, 0.29) is 30.4 Å². The summed E-state index contributed by atoms with van der Waals surface area (Å²) in [5.74, 6) is 0. The minimum absolute atomic E-state index is 0. The van der Waals surface area contributed by atoms with Crippen molar-refractivity contribution in [3.63, 3.8) is 0 Å². The molecule has 0 amide bonds. The zero-order valence-electron chi connectivity index (χ0n) is 12.8. The first-order chi connectivity index (χ1) is 10.6. The Bertz CT molecular complexity index is 544. The molecule has 1 aromatic carbocycles. The van der Waals surface area contributed by atoms with Crippen molar-refractivity contribution in [1.29, 1.82) is 0 Å². The number of benzene rings is 1. The molecule has 0 aliphatic carbocycles. The van der Waals surface area contributed by atoms with Crippen molar-refractivity contribution in [3.8, 4) is 0 Å². The number of nitrogens with zero attached hydrogens (tertiary/aromatic N) is 1. The van der Waals surface area contributed by atoms with Crippen molar-refractivity contribution in [3.05, 3.63) is 34.3 Å². The third kappa shape index (κ3) is 6.67. The lowest BCUT2D eigenvalue weighted by atomic mass is 9.98. The monoisotopic (exact) mass is 432 g/mol. The van der Waals surface area contributed by atoms with E-state index in [2.05, 4.69) is 5.32 Å². The molecule has 1 aromatic rings. The summed E-state index contributed by atoms with van der Waals surface area (Å²) in [7, 11) is 0. The molecule has 25 heavy (non-hydrogen) atoms. The molecule has 1 atom stereocenters. The summed E-state index contributed by atoms with van der Waals surface area (Å²) in [5.41, 5.74) is -1.25. The van der Waals surface area contributed by atoms with Gasteiger partial charge in [-0.15, -0.1) is 24.8 Å². The number of hydrogen-bond donors (Lipinski definition) is 1. The molecule has 1 aliphatic heterocycles. The van der Waals surface area contributed by atoms with Gasteiger partial charge in [-0.05, 0) is 11.6 Å². The number of piperazine rings is 1. The van der Waals surface area contributed by atoms with E-state index >= 15 is 0 Å². The number of alkyl halides is 6. The molecule has 2 rings (SSSR count). The summed E-state index contributed by atoms with van der Waals surface area (Å²) in [4.78, 5) is 1.52. The maximum Gasteiger partial charge on any atom is 0.417 e.